The molecule has 2 aliphatic carbocycles. The summed E-state index contributed by atoms with van der Waals surface area (Å²) < 4.78 is 17.3. The van der Waals surface area contributed by atoms with Crippen LogP contribution in [0.1, 0.15) is 82.7 Å². The van der Waals surface area contributed by atoms with Gasteiger partial charge in [-0.1, -0.05) is 12.1 Å². The van der Waals surface area contributed by atoms with E-state index < -0.39 is 101 Å². The summed E-state index contributed by atoms with van der Waals surface area (Å²) in [6, 6.07) is 3.63. The van der Waals surface area contributed by atoms with Crippen LogP contribution in [0.15, 0.2) is 18.2 Å². The van der Waals surface area contributed by atoms with Crippen LogP contribution in [0.2, 0.25) is 0 Å². The first-order chi connectivity index (χ1) is 20.1. The molecule has 1 heterocycles. The number of Topliss-reactive ketones (excluding diaryl/α,β-unsaturated/α-hetero) is 1. The van der Waals surface area contributed by atoms with Gasteiger partial charge >= 0.3 is 0 Å². The fourth-order valence-corrected chi connectivity index (χ4v) is 6.31. The van der Waals surface area contributed by atoms with E-state index in [1.54, 1.807) is 6.92 Å². The molecule has 3 aliphatic rings. The number of aliphatic hydroxyl groups is 4. The number of methoxy groups -OCH3 is 1. The molecule has 13 heteroatoms. The number of hydrogen-bond acceptors (Lipinski definition) is 13. The van der Waals surface area contributed by atoms with E-state index in [9.17, 15) is 45.0 Å². The van der Waals surface area contributed by atoms with Gasteiger partial charge in [0.05, 0.1) is 42.1 Å². The maximum absolute atomic E-state index is 13.8. The van der Waals surface area contributed by atoms with Crippen molar-refractivity contribution in [3.05, 3.63) is 51.6 Å². The predicted molar refractivity (Wildman–Crippen MR) is 147 cm³/mol. The van der Waals surface area contributed by atoms with Crippen molar-refractivity contribution < 1.29 is 59.2 Å². The lowest BCUT2D eigenvalue weighted by molar-refractivity contribution is -0.253. The number of aliphatic hydroxyl groups excluding tert-OH is 2. The molecule has 0 radical (unpaired) electrons. The Hall–Kier alpha value is -3.43. The molecule has 7 N–H and O–H groups in total. The minimum Gasteiger partial charge on any atom is -0.507 e. The van der Waals surface area contributed by atoms with Crippen LogP contribution in [0.4, 0.5) is 0 Å². The summed E-state index contributed by atoms with van der Waals surface area (Å²) >= 11 is 0. The number of ketones is 3. The second kappa shape index (κ2) is 10.9. The number of ether oxygens (including phenoxy) is 3. The number of hydrogen-bond donors (Lipinski definition) is 7. The first kappa shape index (κ1) is 31.0. The van der Waals surface area contributed by atoms with E-state index in [4.69, 9.17) is 14.2 Å². The highest BCUT2D eigenvalue weighted by atomic mass is 16.7. The molecule has 0 unspecified atom stereocenters. The Balaban J connectivity index is 1.64. The summed E-state index contributed by atoms with van der Waals surface area (Å²) in [4.78, 5) is 40.1. The van der Waals surface area contributed by atoms with E-state index >= 15 is 0 Å². The van der Waals surface area contributed by atoms with Gasteiger partial charge in [0, 0.05) is 42.0 Å². The number of rotatable bonds is 7. The molecule has 5 rings (SSSR count). The van der Waals surface area contributed by atoms with Crippen LogP contribution >= 0.6 is 0 Å². The van der Waals surface area contributed by atoms with Gasteiger partial charge in [-0.15, -0.1) is 0 Å². The zero-order valence-corrected chi connectivity index (χ0v) is 24.1. The third-order valence-electron chi connectivity index (χ3n) is 8.30. The molecular weight excluding hydrogens is 566 g/mol. The summed E-state index contributed by atoms with van der Waals surface area (Å²) in [6.45, 7) is 3.52. The van der Waals surface area contributed by atoms with Crippen molar-refractivity contribution in [2.24, 2.45) is 0 Å². The summed E-state index contributed by atoms with van der Waals surface area (Å²) in [5.41, 5.74) is -5.15. The van der Waals surface area contributed by atoms with Crippen molar-refractivity contribution in [2.75, 3.05) is 13.7 Å². The zero-order chi connectivity index (χ0) is 31.6. The number of carbonyl (C=O) groups excluding carboxylic acids is 3. The van der Waals surface area contributed by atoms with Gasteiger partial charge in [0.15, 0.2) is 17.9 Å². The molecule has 0 aromatic heterocycles. The summed E-state index contributed by atoms with van der Waals surface area (Å²) in [5.74, 6) is -3.88. The molecule has 232 valence electrons. The van der Waals surface area contributed by atoms with Crippen molar-refractivity contribution in [3.8, 4) is 17.2 Å². The van der Waals surface area contributed by atoms with Crippen molar-refractivity contribution in [1.82, 2.24) is 5.32 Å². The summed E-state index contributed by atoms with van der Waals surface area (Å²) in [5, 5.41) is 67.8. The van der Waals surface area contributed by atoms with Gasteiger partial charge in [-0.3, -0.25) is 19.7 Å². The molecule has 0 amide bonds. The topological polar surface area (TPSA) is 212 Å². The number of nitrogens with one attached hydrogen (secondary N) is 1. The lowest BCUT2D eigenvalue weighted by atomic mass is 9.72. The summed E-state index contributed by atoms with van der Waals surface area (Å²) in [6.07, 6.45) is -5.48. The van der Waals surface area contributed by atoms with Crippen LogP contribution in [0, 0.1) is 0 Å². The summed E-state index contributed by atoms with van der Waals surface area (Å²) in [7, 11) is 1.32. The molecule has 43 heavy (non-hydrogen) atoms. The Morgan fingerprint density at radius 1 is 1.14 bits per heavy atom. The van der Waals surface area contributed by atoms with Gasteiger partial charge in [0.2, 0.25) is 5.78 Å². The average Bonchev–Trinajstić information content (AvgIpc) is 2.94. The number of benzene rings is 2. The molecule has 6 atom stereocenters. The Labute approximate surface area is 246 Å². The largest absolute Gasteiger partial charge is 0.507 e. The Kier molecular flexibility index (Phi) is 7.88. The monoisotopic (exact) mass is 601 g/mol. The zero-order valence-electron chi connectivity index (χ0n) is 24.1. The maximum Gasteiger partial charge on any atom is 0.202 e. The minimum atomic E-state index is -2.28. The van der Waals surface area contributed by atoms with Gasteiger partial charge in [-0.25, -0.2) is 0 Å². The van der Waals surface area contributed by atoms with E-state index in [-0.39, 0.29) is 34.4 Å². The van der Waals surface area contributed by atoms with Crippen molar-refractivity contribution in [1.29, 1.82) is 0 Å². The number of fused-ring (bicyclic) bond motifs is 3. The van der Waals surface area contributed by atoms with Crippen LogP contribution in [-0.2, 0) is 20.7 Å². The molecule has 0 saturated carbocycles. The molecular formula is C30H35NO12. The van der Waals surface area contributed by atoms with E-state index in [2.05, 4.69) is 5.32 Å². The molecule has 13 nitrogen and oxygen atoms in total. The van der Waals surface area contributed by atoms with Crippen molar-refractivity contribution >= 4 is 17.3 Å². The van der Waals surface area contributed by atoms with E-state index in [1.165, 1.54) is 39.2 Å². The SMILES string of the molecule is COc1cccc2c1C(=O)c1c(O)c3c(c(O)c1C2=O)C[C@@](O)(C(=O)CO)C[C@@H]3O[C@H]1C[C@H](NC(C)(C)O)[C@H](O)[C@H](C)O1. The average molecular weight is 602 g/mol. The fourth-order valence-electron chi connectivity index (χ4n) is 6.31. The highest BCUT2D eigenvalue weighted by molar-refractivity contribution is 6.31. The molecule has 1 fully saturated rings. The first-order valence-electron chi connectivity index (χ1n) is 13.8. The van der Waals surface area contributed by atoms with Crippen molar-refractivity contribution in [2.45, 2.75) is 82.0 Å². The third-order valence-corrected chi connectivity index (χ3v) is 8.30. The lowest BCUT2D eigenvalue weighted by Gasteiger charge is -2.44. The number of carbonyl (C=O) groups is 3. The second-order valence-corrected chi connectivity index (χ2v) is 11.8. The molecule has 1 saturated heterocycles. The van der Waals surface area contributed by atoms with Crippen LogP contribution < -0.4 is 10.1 Å². The fraction of sp³-hybridized carbons (Fsp3) is 0.500. The number of phenolic OH excluding ortho intramolecular Hbond substituents is 2. The molecule has 2 aromatic rings. The van der Waals surface area contributed by atoms with Gasteiger partial charge in [-0.2, -0.15) is 0 Å². The predicted octanol–water partition coefficient (Wildman–Crippen LogP) is 0.361. The second-order valence-electron chi connectivity index (χ2n) is 11.8. The number of aromatic hydroxyl groups is 2. The first-order valence-corrected chi connectivity index (χ1v) is 13.8. The van der Waals surface area contributed by atoms with Gasteiger partial charge in [0.25, 0.3) is 0 Å². The van der Waals surface area contributed by atoms with E-state index in [1.807, 2.05) is 0 Å². The Morgan fingerprint density at radius 2 is 1.81 bits per heavy atom. The Bertz CT molecular complexity index is 1500. The van der Waals surface area contributed by atoms with Crippen molar-refractivity contribution in [3.63, 3.8) is 0 Å². The minimum absolute atomic E-state index is 0.0205. The van der Waals surface area contributed by atoms with Gasteiger partial charge in [0.1, 0.15) is 35.2 Å². The smallest absolute Gasteiger partial charge is 0.202 e. The van der Waals surface area contributed by atoms with Gasteiger partial charge < -0.3 is 44.8 Å². The Morgan fingerprint density at radius 3 is 2.44 bits per heavy atom. The van der Waals surface area contributed by atoms with Crippen LogP contribution in [0.5, 0.6) is 17.2 Å². The highest BCUT2D eigenvalue weighted by Crippen LogP contribution is 2.52. The van der Waals surface area contributed by atoms with Gasteiger partial charge in [-0.05, 0) is 26.8 Å². The molecule has 2 aromatic carbocycles. The molecule has 1 aliphatic heterocycles. The number of phenols is 2. The maximum atomic E-state index is 13.8. The van der Waals surface area contributed by atoms with Crippen LogP contribution in [-0.4, -0.2) is 97.6 Å². The third kappa shape index (κ3) is 5.20. The highest BCUT2D eigenvalue weighted by Gasteiger charge is 2.50. The lowest BCUT2D eigenvalue weighted by Crippen LogP contribution is -2.59. The van der Waals surface area contributed by atoms with Crippen LogP contribution in [0.25, 0.3) is 0 Å². The molecule has 0 spiro atoms. The van der Waals surface area contributed by atoms with E-state index in [0.29, 0.717) is 0 Å². The van der Waals surface area contributed by atoms with E-state index in [0.717, 1.165) is 0 Å². The normalized spacial score (nSPS) is 28.6. The quantitative estimate of drug-likeness (QED) is 0.144. The van der Waals surface area contributed by atoms with Crippen LogP contribution in [0.3, 0.4) is 0 Å². The molecule has 0 bridgehead atoms. The standard InChI is InChI=1S/C30H35NO12/c1-12-24(34)15(31-29(2,3)39)8-19(42-12)43-17-10-30(40,18(33)11-32)9-14-21(17)28(38)23-22(26(14)36)25(35)13-6-5-7-16(41-4)20(13)27(23)37/h5-7,12,15,17,19,24,31-32,34,36,38-40H,8-11H2,1-4H3/t12-,15-,17-,19-,24+,30-/m0/s1.